The molecule has 0 rings (SSSR count). The van der Waals surface area contributed by atoms with Crippen LogP contribution in [-0.2, 0) is 23.8 Å². The Morgan fingerprint density at radius 2 is 0.673 bits per heavy atom. The summed E-state index contributed by atoms with van der Waals surface area (Å²) in [6, 6.07) is 0. The lowest BCUT2D eigenvalue weighted by molar-refractivity contribution is -0.146. The van der Waals surface area contributed by atoms with Crippen molar-refractivity contribution in [3.05, 3.63) is 0 Å². The van der Waals surface area contributed by atoms with E-state index in [0.717, 1.165) is 38.5 Å². The molecule has 0 spiro atoms. The molecule has 0 aliphatic carbocycles. The van der Waals surface area contributed by atoms with Gasteiger partial charge >= 0.3 is 11.9 Å². The summed E-state index contributed by atoms with van der Waals surface area (Å²) in [6.07, 6.45) is 37.9. The highest BCUT2D eigenvalue weighted by Gasteiger charge is 2.16. The van der Waals surface area contributed by atoms with Crippen molar-refractivity contribution in [2.75, 3.05) is 20.3 Å². The number of carbonyl (C=O) groups is 2. The van der Waals surface area contributed by atoms with Crippen LogP contribution in [-0.4, -0.2) is 38.4 Å². The van der Waals surface area contributed by atoms with Crippen molar-refractivity contribution in [3.63, 3.8) is 0 Å². The maximum Gasteiger partial charge on any atom is 0.306 e. The van der Waals surface area contributed by atoms with Crippen LogP contribution in [0.3, 0.4) is 0 Å². The van der Waals surface area contributed by atoms with Gasteiger partial charge in [-0.3, -0.25) is 9.59 Å². The number of methoxy groups -OCH3 is 1. The van der Waals surface area contributed by atoms with E-state index >= 15 is 0 Å². The Bertz CT molecular complexity index is 619. The summed E-state index contributed by atoms with van der Waals surface area (Å²) in [5.74, 6) is 1.07. The van der Waals surface area contributed by atoms with Crippen LogP contribution in [0.15, 0.2) is 0 Å². The molecule has 0 atom stereocenters. The monoisotopic (exact) mass is 695 g/mol. The molecule has 0 N–H and O–H groups in total. The predicted octanol–water partition coefficient (Wildman–Crippen LogP) is 13.9. The Morgan fingerprint density at radius 1 is 0.388 bits per heavy atom. The van der Waals surface area contributed by atoms with E-state index in [4.69, 9.17) is 14.2 Å². The maximum absolute atomic E-state index is 12.4. The molecule has 0 bridgehead atoms. The van der Waals surface area contributed by atoms with Crippen LogP contribution in [0.5, 0.6) is 0 Å². The molecule has 0 aromatic heterocycles. The van der Waals surface area contributed by atoms with Crippen LogP contribution in [0.2, 0.25) is 0 Å². The molecule has 0 aliphatic heterocycles. The van der Waals surface area contributed by atoms with Gasteiger partial charge in [-0.05, 0) is 63.2 Å². The average molecular weight is 695 g/mol. The number of hydrogen-bond donors (Lipinski definition) is 0. The first kappa shape index (κ1) is 47.9. The minimum absolute atomic E-state index is 0.0241. The van der Waals surface area contributed by atoms with E-state index in [0.29, 0.717) is 44.0 Å². The summed E-state index contributed by atoms with van der Waals surface area (Å²) in [7, 11) is 1.87. The van der Waals surface area contributed by atoms with E-state index in [2.05, 4.69) is 27.7 Å². The molecule has 0 fully saturated rings. The molecule has 0 amide bonds. The number of unbranched alkanes of at least 4 members (excludes halogenated alkanes) is 18. The smallest absolute Gasteiger partial charge is 0.306 e. The first-order chi connectivity index (χ1) is 24.0. The number of ether oxygens (including phenoxy) is 3. The third-order valence-electron chi connectivity index (χ3n) is 10.5. The second kappa shape index (κ2) is 38.1. The van der Waals surface area contributed by atoms with Crippen molar-refractivity contribution in [2.45, 2.75) is 239 Å². The second-order valence-electron chi connectivity index (χ2n) is 15.2. The highest BCUT2D eigenvalue weighted by atomic mass is 16.5. The largest absolute Gasteiger partial charge is 0.466 e. The van der Waals surface area contributed by atoms with Crippen LogP contribution >= 0.6 is 0 Å². The van der Waals surface area contributed by atoms with E-state index in [1.165, 1.54) is 154 Å². The van der Waals surface area contributed by atoms with Gasteiger partial charge in [0.25, 0.3) is 0 Å². The normalized spacial score (nSPS) is 11.7. The lowest BCUT2D eigenvalue weighted by atomic mass is 9.92. The topological polar surface area (TPSA) is 61.8 Å². The summed E-state index contributed by atoms with van der Waals surface area (Å²) in [5, 5.41) is 0. The molecule has 0 radical (unpaired) electrons. The minimum atomic E-state index is 0.0241. The van der Waals surface area contributed by atoms with E-state index in [9.17, 15) is 9.59 Å². The Balaban J connectivity index is 3.77. The van der Waals surface area contributed by atoms with Gasteiger partial charge < -0.3 is 14.2 Å². The Labute approximate surface area is 306 Å². The van der Waals surface area contributed by atoms with E-state index < -0.39 is 0 Å². The van der Waals surface area contributed by atoms with Crippen LogP contribution < -0.4 is 0 Å². The standard InChI is InChI=1S/C44H86O5/c1-6-10-22-30-40(31-23-11-7-2)38-43(45)48-36-28-20-16-14-18-26-34-42(47-5)35-27-19-15-17-21-29-37-49-44(46)39-41(32-24-12-8-3)33-25-13-9-4/h40-42H,6-39H2,1-5H3. The minimum Gasteiger partial charge on any atom is -0.466 e. The molecule has 0 aliphatic rings. The summed E-state index contributed by atoms with van der Waals surface area (Å²) in [5.41, 5.74) is 0. The number of hydrogen-bond acceptors (Lipinski definition) is 5. The second-order valence-corrected chi connectivity index (χ2v) is 15.2. The van der Waals surface area contributed by atoms with Crippen molar-refractivity contribution < 1.29 is 23.8 Å². The van der Waals surface area contributed by atoms with Crippen molar-refractivity contribution in [3.8, 4) is 0 Å². The first-order valence-corrected chi connectivity index (χ1v) is 21.8. The van der Waals surface area contributed by atoms with E-state index in [1.807, 2.05) is 7.11 Å². The van der Waals surface area contributed by atoms with Gasteiger partial charge in [0.1, 0.15) is 0 Å². The van der Waals surface area contributed by atoms with Gasteiger partial charge in [-0.2, -0.15) is 0 Å². The van der Waals surface area contributed by atoms with Gasteiger partial charge in [-0.15, -0.1) is 0 Å². The molecule has 5 heteroatoms. The molecule has 0 saturated carbocycles. The molecular formula is C44H86O5. The zero-order chi connectivity index (χ0) is 36.0. The molecule has 0 saturated heterocycles. The number of carbonyl (C=O) groups excluding carboxylic acids is 2. The molecule has 49 heavy (non-hydrogen) atoms. The SMILES string of the molecule is CCCCCC(CCCCC)CC(=O)OCCCCCCCCC(CCCCCCCCOC(=O)CC(CCCCC)CCCCC)OC. The van der Waals surface area contributed by atoms with E-state index in [1.54, 1.807) is 0 Å². The molecule has 0 aromatic rings. The summed E-state index contributed by atoms with van der Waals surface area (Å²) < 4.78 is 17.0. The Kier molecular flexibility index (Phi) is 37.3. The average Bonchev–Trinajstić information content (AvgIpc) is 3.09. The van der Waals surface area contributed by atoms with E-state index in [-0.39, 0.29) is 11.9 Å². The van der Waals surface area contributed by atoms with Crippen LogP contribution in [0, 0.1) is 11.8 Å². The van der Waals surface area contributed by atoms with Crippen LogP contribution in [0.4, 0.5) is 0 Å². The van der Waals surface area contributed by atoms with Crippen LogP contribution in [0.1, 0.15) is 233 Å². The fourth-order valence-electron chi connectivity index (χ4n) is 7.13. The van der Waals surface area contributed by atoms with Gasteiger partial charge in [-0.25, -0.2) is 0 Å². The van der Waals surface area contributed by atoms with Crippen molar-refractivity contribution >= 4 is 11.9 Å². The van der Waals surface area contributed by atoms with Crippen LogP contribution in [0.25, 0.3) is 0 Å². The number of esters is 2. The third-order valence-corrected chi connectivity index (χ3v) is 10.5. The van der Waals surface area contributed by atoms with Crippen molar-refractivity contribution in [1.29, 1.82) is 0 Å². The zero-order valence-electron chi connectivity index (χ0n) is 33.8. The zero-order valence-corrected chi connectivity index (χ0v) is 33.8. The first-order valence-electron chi connectivity index (χ1n) is 21.8. The molecule has 0 unspecified atom stereocenters. The maximum atomic E-state index is 12.4. The van der Waals surface area contributed by atoms with Gasteiger partial charge in [0.05, 0.1) is 19.3 Å². The Hall–Kier alpha value is -1.10. The van der Waals surface area contributed by atoms with Gasteiger partial charge in [0, 0.05) is 20.0 Å². The molecular weight excluding hydrogens is 608 g/mol. The van der Waals surface area contributed by atoms with Crippen molar-refractivity contribution in [1.82, 2.24) is 0 Å². The van der Waals surface area contributed by atoms with Gasteiger partial charge in [-0.1, -0.05) is 169 Å². The molecule has 0 aromatic carbocycles. The molecule has 0 heterocycles. The number of rotatable bonds is 39. The molecule has 5 nitrogen and oxygen atoms in total. The lowest BCUT2D eigenvalue weighted by Gasteiger charge is -2.16. The Morgan fingerprint density at radius 3 is 0.980 bits per heavy atom. The lowest BCUT2D eigenvalue weighted by Crippen LogP contribution is -2.13. The summed E-state index contributed by atoms with van der Waals surface area (Å²) in [6.45, 7) is 10.2. The third kappa shape index (κ3) is 33.8. The fraction of sp³-hybridized carbons (Fsp3) is 0.955. The quantitative estimate of drug-likeness (QED) is 0.0473. The van der Waals surface area contributed by atoms with Crippen molar-refractivity contribution in [2.24, 2.45) is 11.8 Å². The van der Waals surface area contributed by atoms with Gasteiger partial charge in [0.2, 0.25) is 0 Å². The summed E-state index contributed by atoms with van der Waals surface area (Å²) >= 11 is 0. The highest BCUT2D eigenvalue weighted by molar-refractivity contribution is 5.70. The van der Waals surface area contributed by atoms with Gasteiger partial charge in [0.15, 0.2) is 0 Å². The fourth-order valence-corrected chi connectivity index (χ4v) is 7.13. The molecule has 292 valence electrons. The highest BCUT2D eigenvalue weighted by Crippen LogP contribution is 2.23. The predicted molar refractivity (Wildman–Crippen MR) is 210 cm³/mol. The summed E-state index contributed by atoms with van der Waals surface area (Å²) in [4.78, 5) is 24.8.